The molecule has 0 bridgehead atoms. The van der Waals surface area contributed by atoms with E-state index in [9.17, 15) is 9.59 Å². The number of rotatable bonds is 4. The predicted octanol–water partition coefficient (Wildman–Crippen LogP) is 2.40. The largest absolute Gasteiger partial charge is 0.337 e. The van der Waals surface area contributed by atoms with Crippen molar-refractivity contribution < 1.29 is 9.59 Å². The number of hydrogen-bond donors (Lipinski definition) is 2. The van der Waals surface area contributed by atoms with E-state index in [0.717, 1.165) is 48.9 Å². The molecule has 0 spiro atoms. The highest BCUT2D eigenvalue weighted by atomic mass is 35.5. The Labute approximate surface area is 159 Å². The molecular weight excluding hydrogens is 358 g/mol. The first kappa shape index (κ1) is 20.1. The number of nitrogens with zero attached hydrogens (tertiary/aromatic N) is 1. The summed E-state index contributed by atoms with van der Waals surface area (Å²) in [6.45, 7) is 7.32. The van der Waals surface area contributed by atoms with Gasteiger partial charge in [0, 0.05) is 41.8 Å². The Kier molecular flexibility index (Phi) is 7.16. The number of carbonyl (C=O) groups excluding carboxylic acids is 2. The molecule has 1 unspecified atom stereocenters. The molecule has 2 N–H and O–H groups in total. The van der Waals surface area contributed by atoms with E-state index in [-0.39, 0.29) is 30.1 Å². The standard InChI is InChI=1S/C18H25N3O2S.ClH/c1-12-3-4-14(18(23)21-5-7-24-8-6-21)9-16(12)20-17(22)13(2)15-10-19-11-15;/h3-4,9,13,15,19H,5-8,10-11H2,1-2H3,(H,20,22);1H. The molecule has 2 aliphatic rings. The maximum Gasteiger partial charge on any atom is 0.253 e. The van der Waals surface area contributed by atoms with Crippen LogP contribution < -0.4 is 10.6 Å². The lowest BCUT2D eigenvalue weighted by Crippen LogP contribution is -2.48. The van der Waals surface area contributed by atoms with Crippen molar-refractivity contribution in [3.8, 4) is 0 Å². The number of thioether (sulfide) groups is 1. The van der Waals surface area contributed by atoms with Crippen molar-refractivity contribution in [2.45, 2.75) is 13.8 Å². The zero-order valence-corrected chi connectivity index (χ0v) is 16.3. The first-order valence-corrected chi connectivity index (χ1v) is 9.71. The minimum atomic E-state index is -0.0240. The second-order valence-corrected chi connectivity index (χ2v) is 7.86. The average molecular weight is 384 g/mol. The van der Waals surface area contributed by atoms with Crippen LogP contribution in [0.2, 0.25) is 0 Å². The number of amides is 2. The molecule has 1 aromatic rings. The minimum Gasteiger partial charge on any atom is -0.337 e. The van der Waals surface area contributed by atoms with Gasteiger partial charge in [-0.1, -0.05) is 13.0 Å². The molecule has 0 radical (unpaired) electrons. The van der Waals surface area contributed by atoms with Crippen LogP contribution in [0.1, 0.15) is 22.8 Å². The molecule has 138 valence electrons. The fraction of sp³-hybridized carbons (Fsp3) is 0.556. The summed E-state index contributed by atoms with van der Waals surface area (Å²) in [4.78, 5) is 27.0. The molecule has 7 heteroatoms. The third-order valence-electron chi connectivity index (χ3n) is 4.97. The van der Waals surface area contributed by atoms with E-state index >= 15 is 0 Å². The number of carbonyl (C=O) groups is 2. The van der Waals surface area contributed by atoms with Gasteiger partial charge in [-0.25, -0.2) is 0 Å². The molecule has 0 saturated carbocycles. The fourth-order valence-electron chi connectivity index (χ4n) is 2.96. The fourth-order valence-corrected chi connectivity index (χ4v) is 3.87. The Morgan fingerprint density at radius 3 is 2.56 bits per heavy atom. The lowest BCUT2D eigenvalue weighted by atomic mass is 9.88. The van der Waals surface area contributed by atoms with Crippen LogP contribution in [0.15, 0.2) is 18.2 Å². The van der Waals surface area contributed by atoms with Crippen molar-refractivity contribution in [3.05, 3.63) is 29.3 Å². The van der Waals surface area contributed by atoms with Crippen LogP contribution in [0.25, 0.3) is 0 Å². The van der Waals surface area contributed by atoms with Gasteiger partial charge in [0.15, 0.2) is 0 Å². The highest BCUT2D eigenvalue weighted by Crippen LogP contribution is 2.23. The maximum absolute atomic E-state index is 12.6. The van der Waals surface area contributed by atoms with Gasteiger partial charge in [-0.15, -0.1) is 12.4 Å². The summed E-state index contributed by atoms with van der Waals surface area (Å²) < 4.78 is 0. The van der Waals surface area contributed by atoms with Crippen LogP contribution in [0.5, 0.6) is 0 Å². The summed E-state index contributed by atoms with van der Waals surface area (Å²) in [5, 5.41) is 6.22. The number of anilines is 1. The van der Waals surface area contributed by atoms with Gasteiger partial charge in [0.1, 0.15) is 0 Å². The first-order chi connectivity index (χ1) is 11.6. The smallest absolute Gasteiger partial charge is 0.253 e. The van der Waals surface area contributed by atoms with Crippen molar-refractivity contribution in [2.75, 3.05) is 43.0 Å². The zero-order chi connectivity index (χ0) is 17.1. The summed E-state index contributed by atoms with van der Waals surface area (Å²) in [7, 11) is 0. The molecule has 0 aliphatic carbocycles. The second-order valence-electron chi connectivity index (χ2n) is 6.63. The van der Waals surface area contributed by atoms with E-state index in [1.54, 1.807) is 0 Å². The Morgan fingerprint density at radius 2 is 1.96 bits per heavy atom. The molecule has 2 saturated heterocycles. The Morgan fingerprint density at radius 1 is 1.28 bits per heavy atom. The Balaban J connectivity index is 0.00000225. The van der Waals surface area contributed by atoms with Crippen LogP contribution in [0, 0.1) is 18.8 Å². The SMILES string of the molecule is Cc1ccc(C(=O)N2CCSCC2)cc1NC(=O)C(C)C1CNC1.Cl. The maximum atomic E-state index is 12.6. The molecule has 1 aromatic carbocycles. The predicted molar refractivity (Wildman–Crippen MR) is 106 cm³/mol. The number of aryl methyl sites for hydroxylation is 1. The van der Waals surface area contributed by atoms with Crippen molar-refractivity contribution in [1.82, 2.24) is 10.2 Å². The summed E-state index contributed by atoms with van der Waals surface area (Å²) in [6, 6.07) is 5.59. The molecule has 25 heavy (non-hydrogen) atoms. The van der Waals surface area contributed by atoms with Crippen LogP contribution in [-0.4, -0.2) is 54.4 Å². The zero-order valence-electron chi connectivity index (χ0n) is 14.7. The van der Waals surface area contributed by atoms with E-state index in [4.69, 9.17) is 0 Å². The first-order valence-electron chi connectivity index (χ1n) is 8.55. The van der Waals surface area contributed by atoms with Gasteiger partial charge >= 0.3 is 0 Å². The highest BCUT2D eigenvalue weighted by molar-refractivity contribution is 7.99. The monoisotopic (exact) mass is 383 g/mol. The van der Waals surface area contributed by atoms with Crippen LogP contribution in [-0.2, 0) is 4.79 Å². The van der Waals surface area contributed by atoms with Gasteiger partial charge < -0.3 is 15.5 Å². The van der Waals surface area contributed by atoms with Crippen LogP contribution in [0.3, 0.4) is 0 Å². The second kappa shape index (κ2) is 8.92. The average Bonchev–Trinajstić information content (AvgIpc) is 2.55. The molecule has 3 rings (SSSR count). The number of halogens is 1. The molecule has 5 nitrogen and oxygen atoms in total. The Hall–Kier alpha value is -1.24. The number of hydrogen-bond acceptors (Lipinski definition) is 4. The third kappa shape index (κ3) is 4.68. The molecule has 2 amide bonds. The van der Waals surface area contributed by atoms with Gasteiger partial charge in [0.2, 0.25) is 5.91 Å². The van der Waals surface area contributed by atoms with E-state index in [2.05, 4.69) is 10.6 Å². The quantitative estimate of drug-likeness (QED) is 0.838. The van der Waals surface area contributed by atoms with E-state index in [1.165, 1.54) is 0 Å². The molecule has 2 heterocycles. The van der Waals surface area contributed by atoms with Crippen molar-refractivity contribution in [3.63, 3.8) is 0 Å². The van der Waals surface area contributed by atoms with Gasteiger partial charge in [0.05, 0.1) is 0 Å². The topological polar surface area (TPSA) is 61.4 Å². The van der Waals surface area contributed by atoms with Gasteiger partial charge in [-0.05, 0) is 43.6 Å². The number of nitrogens with one attached hydrogen (secondary N) is 2. The van der Waals surface area contributed by atoms with Crippen LogP contribution >= 0.6 is 24.2 Å². The van der Waals surface area contributed by atoms with E-state index in [0.29, 0.717) is 11.5 Å². The normalized spacial score (nSPS) is 18.7. The summed E-state index contributed by atoms with van der Waals surface area (Å²) in [5.74, 6) is 2.46. The van der Waals surface area contributed by atoms with E-state index < -0.39 is 0 Å². The van der Waals surface area contributed by atoms with Crippen molar-refractivity contribution >= 4 is 41.7 Å². The molecular formula is C18H26ClN3O2S. The summed E-state index contributed by atoms with van der Waals surface area (Å²) in [5.41, 5.74) is 2.38. The van der Waals surface area contributed by atoms with Crippen molar-refractivity contribution in [2.24, 2.45) is 11.8 Å². The van der Waals surface area contributed by atoms with Gasteiger partial charge in [-0.2, -0.15) is 11.8 Å². The molecule has 2 fully saturated rings. The minimum absolute atomic E-state index is 0. The van der Waals surface area contributed by atoms with E-state index in [1.807, 2.05) is 48.7 Å². The summed E-state index contributed by atoms with van der Waals surface area (Å²) >= 11 is 1.88. The van der Waals surface area contributed by atoms with Gasteiger partial charge in [0.25, 0.3) is 5.91 Å². The highest BCUT2D eigenvalue weighted by Gasteiger charge is 2.29. The number of benzene rings is 1. The molecule has 0 aromatic heterocycles. The lowest BCUT2D eigenvalue weighted by Gasteiger charge is -2.32. The Bertz CT molecular complexity index is 631. The van der Waals surface area contributed by atoms with Crippen LogP contribution in [0.4, 0.5) is 5.69 Å². The lowest BCUT2D eigenvalue weighted by molar-refractivity contribution is -0.121. The molecule has 2 aliphatic heterocycles. The third-order valence-corrected chi connectivity index (χ3v) is 5.92. The molecule has 1 atom stereocenters. The van der Waals surface area contributed by atoms with Gasteiger partial charge in [-0.3, -0.25) is 9.59 Å². The van der Waals surface area contributed by atoms with Crippen molar-refractivity contribution in [1.29, 1.82) is 0 Å². The summed E-state index contributed by atoms with van der Waals surface area (Å²) in [6.07, 6.45) is 0.